The molecule has 21 heavy (non-hydrogen) atoms. The second-order valence-corrected chi connectivity index (χ2v) is 5.90. The van der Waals surface area contributed by atoms with E-state index < -0.39 is 0 Å². The van der Waals surface area contributed by atoms with Crippen LogP contribution in [0.2, 0.25) is 0 Å². The first-order valence-corrected chi connectivity index (χ1v) is 7.64. The van der Waals surface area contributed by atoms with Gasteiger partial charge in [0, 0.05) is 24.8 Å². The van der Waals surface area contributed by atoms with Crippen molar-refractivity contribution in [2.75, 3.05) is 31.2 Å². The predicted octanol–water partition coefficient (Wildman–Crippen LogP) is 3.39. The molecule has 0 radical (unpaired) electrons. The average molecular weight is 309 g/mol. The van der Waals surface area contributed by atoms with Gasteiger partial charge in [-0.2, -0.15) is 0 Å². The highest BCUT2D eigenvalue weighted by Crippen LogP contribution is 2.32. The number of hydrogen-bond donors (Lipinski definition) is 1. The molecule has 116 valence electrons. The van der Waals surface area contributed by atoms with Crippen LogP contribution in [0, 0.1) is 5.92 Å². The lowest BCUT2D eigenvalue weighted by Crippen LogP contribution is -2.36. The van der Waals surface area contributed by atoms with Crippen molar-refractivity contribution in [3.8, 4) is 0 Å². The molecule has 2 fully saturated rings. The Morgan fingerprint density at radius 2 is 2.00 bits per heavy atom. The molecule has 0 spiro atoms. The molecule has 0 aromatic heterocycles. The van der Waals surface area contributed by atoms with Crippen molar-refractivity contribution >= 4 is 24.2 Å². The van der Waals surface area contributed by atoms with Gasteiger partial charge in [-0.1, -0.05) is 18.2 Å². The van der Waals surface area contributed by atoms with E-state index in [2.05, 4.69) is 42.2 Å². The quantitative estimate of drug-likeness (QED) is 0.926. The molecule has 1 aliphatic carbocycles. The third kappa shape index (κ3) is 4.22. The van der Waals surface area contributed by atoms with Crippen LogP contribution in [0.25, 0.3) is 6.08 Å². The fraction of sp³-hybridized carbons (Fsp3) is 0.529. The van der Waals surface area contributed by atoms with Gasteiger partial charge in [0.25, 0.3) is 0 Å². The van der Waals surface area contributed by atoms with E-state index in [1.165, 1.54) is 29.7 Å². The SMILES string of the molecule is C[C@H](N)c1ccc(N2CCOCC2)cc1/C=C/C1CC1.Cl. The Bertz CT molecular complexity index is 492. The molecule has 1 aromatic rings. The number of nitrogens with two attached hydrogens (primary N) is 1. The van der Waals surface area contributed by atoms with E-state index >= 15 is 0 Å². The van der Waals surface area contributed by atoms with Crippen molar-refractivity contribution in [3.05, 3.63) is 35.4 Å². The largest absolute Gasteiger partial charge is 0.378 e. The molecule has 1 aromatic carbocycles. The molecule has 4 heteroatoms. The summed E-state index contributed by atoms with van der Waals surface area (Å²) in [5.41, 5.74) is 9.89. The molecule has 3 nitrogen and oxygen atoms in total. The number of halogens is 1. The molecule has 2 aliphatic rings. The molecule has 1 aliphatic heterocycles. The Kier molecular flexibility index (Phi) is 5.68. The van der Waals surface area contributed by atoms with Crippen LogP contribution in [0.5, 0.6) is 0 Å². The number of ether oxygens (including phenoxy) is 1. The molecule has 1 saturated heterocycles. The van der Waals surface area contributed by atoms with Crippen LogP contribution in [-0.4, -0.2) is 26.3 Å². The van der Waals surface area contributed by atoms with Crippen molar-refractivity contribution < 1.29 is 4.74 Å². The van der Waals surface area contributed by atoms with E-state index in [1.54, 1.807) is 0 Å². The maximum absolute atomic E-state index is 6.10. The zero-order valence-corrected chi connectivity index (χ0v) is 13.4. The van der Waals surface area contributed by atoms with Gasteiger partial charge in [0.2, 0.25) is 0 Å². The molecule has 1 saturated carbocycles. The van der Waals surface area contributed by atoms with Crippen molar-refractivity contribution in [1.82, 2.24) is 0 Å². The Morgan fingerprint density at radius 1 is 1.29 bits per heavy atom. The van der Waals surface area contributed by atoms with Gasteiger partial charge in [-0.25, -0.2) is 0 Å². The molecule has 2 N–H and O–H groups in total. The van der Waals surface area contributed by atoms with Gasteiger partial charge in [0.1, 0.15) is 0 Å². The van der Waals surface area contributed by atoms with E-state index in [4.69, 9.17) is 10.5 Å². The minimum Gasteiger partial charge on any atom is -0.378 e. The number of benzene rings is 1. The number of allylic oxidation sites excluding steroid dienone is 1. The monoisotopic (exact) mass is 308 g/mol. The summed E-state index contributed by atoms with van der Waals surface area (Å²) < 4.78 is 5.42. The summed E-state index contributed by atoms with van der Waals surface area (Å²) in [6.07, 6.45) is 7.28. The summed E-state index contributed by atoms with van der Waals surface area (Å²) in [7, 11) is 0. The first kappa shape index (κ1) is 16.3. The van der Waals surface area contributed by atoms with Crippen LogP contribution in [0.1, 0.15) is 36.9 Å². The first-order chi connectivity index (χ1) is 9.74. The third-order valence-corrected chi connectivity index (χ3v) is 4.11. The molecule has 0 unspecified atom stereocenters. The molecule has 1 heterocycles. The van der Waals surface area contributed by atoms with Crippen molar-refractivity contribution in [3.63, 3.8) is 0 Å². The van der Waals surface area contributed by atoms with Crippen molar-refractivity contribution in [2.24, 2.45) is 11.7 Å². The Labute approximate surface area is 133 Å². The summed E-state index contributed by atoms with van der Waals surface area (Å²) in [5, 5.41) is 0. The zero-order chi connectivity index (χ0) is 13.9. The van der Waals surface area contributed by atoms with Gasteiger partial charge in [0.15, 0.2) is 0 Å². The lowest BCUT2D eigenvalue weighted by molar-refractivity contribution is 0.122. The summed E-state index contributed by atoms with van der Waals surface area (Å²) in [6.45, 7) is 5.65. The smallest absolute Gasteiger partial charge is 0.0642 e. The minimum atomic E-state index is 0. The van der Waals surface area contributed by atoms with E-state index in [1.807, 2.05) is 0 Å². The number of rotatable bonds is 4. The maximum atomic E-state index is 6.10. The standard InChI is InChI=1S/C17H24N2O.ClH/c1-13(18)17-7-6-16(19-8-10-20-11-9-19)12-15(17)5-4-14-2-3-14;/h4-7,12-14H,2-3,8-11,18H2,1H3;1H/b5-4+;/t13-;/m0./s1. The Hall–Kier alpha value is -1.03. The number of hydrogen-bond acceptors (Lipinski definition) is 3. The summed E-state index contributed by atoms with van der Waals surface area (Å²) >= 11 is 0. The maximum Gasteiger partial charge on any atom is 0.0642 e. The van der Waals surface area contributed by atoms with Gasteiger partial charge in [-0.3, -0.25) is 0 Å². The van der Waals surface area contributed by atoms with Gasteiger partial charge in [0.05, 0.1) is 13.2 Å². The Morgan fingerprint density at radius 3 is 2.62 bits per heavy atom. The van der Waals surface area contributed by atoms with Crippen LogP contribution in [0.15, 0.2) is 24.3 Å². The van der Waals surface area contributed by atoms with Crippen molar-refractivity contribution in [2.45, 2.75) is 25.8 Å². The molecule has 0 bridgehead atoms. The number of morpholine rings is 1. The lowest BCUT2D eigenvalue weighted by Gasteiger charge is -2.29. The normalized spacial score (nSPS) is 20.4. The molecule has 1 atom stereocenters. The number of nitrogens with zero attached hydrogens (tertiary/aromatic N) is 1. The third-order valence-electron chi connectivity index (χ3n) is 4.11. The van der Waals surface area contributed by atoms with E-state index in [9.17, 15) is 0 Å². The fourth-order valence-corrected chi connectivity index (χ4v) is 2.67. The second-order valence-electron chi connectivity index (χ2n) is 5.90. The molecule has 0 amide bonds. The van der Waals surface area contributed by atoms with Gasteiger partial charge < -0.3 is 15.4 Å². The van der Waals surface area contributed by atoms with Gasteiger partial charge in [-0.15, -0.1) is 12.4 Å². The van der Waals surface area contributed by atoms with E-state index in [0.29, 0.717) is 0 Å². The summed E-state index contributed by atoms with van der Waals surface area (Å²) in [4.78, 5) is 2.39. The molecular formula is C17H25ClN2O. The highest BCUT2D eigenvalue weighted by molar-refractivity contribution is 5.85. The predicted molar refractivity (Wildman–Crippen MR) is 91.1 cm³/mol. The minimum absolute atomic E-state index is 0. The first-order valence-electron chi connectivity index (χ1n) is 7.64. The average Bonchev–Trinajstić information content (AvgIpc) is 3.30. The molecule has 3 rings (SSSR count). The van der Waals surface area contributed by atoms with Gasteiger partial charge in [-0.05, 0) is 48.9 Å². The second kappa shape index (κ2) is 7.30. The Balaban J connectivity index is 0.00000161. The highest BCUT2D eigenvalue weighted by Gasteiger charge is 2.18. The topological polar surface area (TPSA) is 38.5 Å². The van der Waals surface area contributed by atoms with Gasteiger partial charge >= 0.3 is 0 Å². The van der Waals surface area contributed by atoms with Crippen LogP contribution >= 0.6 is 12.4 Å². The lowest BCUT2D eigenvalue weighted by atomic mass is 10.00. The zero-order valence-electron chi connectivity index (χ0n) is 12.6. The van der Waals surface area contributed by atoms with E-state index in [0.717, 1.165) is 32.2 Å². The number of anilines is 1. The van der Waals surface area contributed by atoms with Crippen LogP contribution in [-0.2, 0) is 4.74 Å². The highest BCUT2D eigenvalue weighted by atomic mass is 35.5. The van der Waals surface area contributed by atoms with Crippen LogP contribution in [0.4, 0.5) is 5.69 Å². The summed E-state index contributed by atoms with van der Waals surface area (Å²) in [6, 6.07) is 6.73. The molecular weight excluding hydrogens is 284 g/mol. The van der Waals surface area contributed by atoms with Crippen LogP contribution in [0.3, 0.4) is 0 Å². The van der Waals surface area contributed by atoms with Crippen LogP contribution < -0.4 is 10.6 Å². The summed E-state index contributed by atoms with van der Waals surface area (Å²) in [5.74, 6) is 0.794. The van der Waals surface area contributed by atoms with E-state index in [-0.39, 0.29) is 18.4 Å². The fourth-order valence-electron chi connectivity index (χ4n) is 2.67. The van der Waals surface area contributed by atoms with Crippen molar-refractivity contribution in [1.29, 1.82) is 0 Å².